The average molecular weight is 287 g/mol. The standard InChI is InChI=1S/C14H29N3OS/c1-14(8-7-11-19-14)12-17-13(15-2)16-9-5-4-6-10-18-3/h4-12H2,1-3H3,(H2,15,16,17). The largest absolute Gasteiger partial charge is 0.385 e. The van der Waals surface area contributed by atoms with Crippen LogP contribution in [0.25, 0.3) is 0 Å². The average Bonchev–Trinajstić information content (AvgIpc) is 2.84. The highest BCUT2D eigenvalue weighted by Gasteiger charge is 2.29. The SMILES string of the molecule is CN=C(NCCCCCOC)NCC1(C)CCCS1. The zero-order valence-electron chi connectivity index (χ0n) is 12.6. The quantitative estimate of drug-likeness (QED) is 0.408. The molecule has 1 saturated heterocycles. The van der Waals surface area contributed by atoms with Gasteiger partial charge < -0.3 is 15.4 Å². The van der Waals surface area contributed by atoms with E-state index < -0.39 is 0 Å². The summed E-state index contributed by atoms with van der Waals surface area (Å²) in [5.74, 6) is 2.23. The van der Waals surface area contributed by atoms with Gasteiger partial charge in [0.1, 0.15) is 0 Å². The van der Waals surface area contributed by atoms with Crippen molar-refractivity contribution >= 4 is 17.7 Å². The lowest BCUT2D eigenvalue weighted by Gasteiger charge is -2.24. The van der Waals surface area contributed by atoms with Gasteiger partial charge in [-0.2, -0.15) is 11.8 Å². The Hall–Kier alpha value is -0.420. The zero-order valence-corrected chi connectivity index (χ0v) is 13.4. The van der Waals surface area contributed by atoms with Crippen molar-refractivity contribution in [2.24, 2.45) is 4.99 Å². The summed E-state index contributed by atoms with van der Waals surface area (Å²) in [5, 5.41) is 6.82. The van der Waals surface area contributed by atoms with Crippen molar-refractivity contribution in [2.45, 2.75) is 43.8 Å². The molecule has 1 rings (SSSR count). The summed E-state index contributed by atoms with van der Waals surface area (Å²) in [6, 6.07) is 0. The number of hydrogen-bond acceptors (Lipinski definition) is 3. The molecule has 0 aromatic heterocycles. The summed E-state index contributed by atoms with van der Waals surface area (Å²) in [6.07, 6.45) is 6.15. The van der Waals surface area contributed by atoms with Gasteiger partial charge in [-0.15, -0.1) is 0 Å². The van der Waals surface area contributed by atoms with Crippen LogP contribution in [0.5, 0.6) is 0 Å². The Bertz CT molecular complexity index is 265. The molecule has 0 aromatic rings. The molecule has 5 heteroatoms. The number of thioether (sulfide) groups is 1. The van der Waals surface area contributed by atoms with Gasteiger partial charge in [-0.25, -0.2) is 0 Å². The van der Waals surface area contributed by atoms with Gasteiger partial charge >= 0.3 is 0 Å². The van der Waals surface area contributed by atoms with Crippen LogP contribution >= 0.6 is 11.8 Å². The second kappa shape index (κ2) is 9.48. The number of aliphatic imine (C=N–C) groups is 1. The number of nitrogens with zero attached hydrogens (tertiary/aromatic N) is 1. The predicted octanol–water partition coefficient (Wildman–Crippen LogP) is 2.25. The zero-order chi connectivity index (χ0) is 14.0. The molecule has 1 heterocycles. The molecule has 19 heavy (non-hydrogen) atoms. The minimum atomic E-state index is 0.385. The Morgan fingerprint density at radius 2 is 2.16 bits per heavy atom. The summed E-state index contributed by atoms with van der Waals surface area (Å²) in [5.41, 5.74) is 0. The number of nitrogens with one attached hydrogen (secondary N) is 2. The second-order valence-electron chi connectivity index (χ2n) is 5.31. The summed E-state index contributed by atoms with van der Waals surface area (Å²) in [6.45, 7) is 5.19. The van der Waals surface area contributed by atoms with E-state index in [1.807, 2.05) is 7.05 Å². The van der Waals surface area contributed by atoms with E-state index >= 15 is 0 Å². The van der Waals surface area contributed by atoms with Gasteiger partial charge in [0.25, 0.3) is 0 Å². The number of guanidine groups is 1. The van der Waals surface area contributed by atoms with Crippen molar-refractivity contribution in [2.75, 3.05) is 39.6 Å². The first-order valence-corrected chi connectivity index (χ1v) is 8.26. The molecule has 4 nitrogen and oxygen atoms in total. The molecule has 2 N–H and O–H groups in total. The Labute approximate surface area is 122 Å². The molecule has 1 aliphatic heterocycles. The molecule has 1 unspecified atom stereocenters. The van der Waals surface area contributed by atoms with Crippen molar-refractivity contribution in [1.29, 1.82) is 0 Å². The monoisotopic (exact) mass is 287 g/mol. The first kappa shape index (κ1) is 16.6. The maximum atomic E-state index is 5.04. The number of methoxy groups -OCH3 is 1. The highest BCUT2D eigenvalue weighted by Crippen LogP contribution is 2.36. The van der Waals surface area contributed by atoms with Gasteiger partial charge in [-0.1, -0.05) is 0 Å². The fourth-order valence-corrected chi connectivity index (χ4v) is 3.47. The highest BCUT2D eigenvalue weighted by molar-refractivity contribution is 8.00. The molecule has 0 aromatic carbocycles. The third kappa shape index (κ3) is 7.06. The second-order valence-corrected chi connectivity index (χ2v) is 6.99. The van der Waals surface area contributed by atoms with Crippen LogP contribution in [-0.4, -0.2) is 50.3 Å². The third-order valence-corrected chi connectivity index (χ3v) is 5.01. The normalized spacial score (nSPS) is 23.6. The molecule has 1 aliphatic rings. The number of rotatable bonds is 8. The van der Waals surface area contributed by atoms with Crippen LogP contribution in [0.1, 0.15) is 39.0 Å². The topological polar surface area (TPSA) is 45.7 Å². The molecular weight excluding hydrogens is 258 g/mol. The van der Waals surface area contributed by atoms with E-state index in [4.69, 9.17) is 4.74 Å². The van der Waals surface area contributed by atoms with Gasteiger partial charge in [0, 0.05) is 38.6 Å². The van der Waals surface area contributed by atoms with Gasteiger partial charge in [-0.05, 0) is 44.8 Å². The molecule has 0 aliphatic carbocycles. The van der Waals surface area contributed by atoms with Crippen molar-refractivity contribution < 1.29 is 4.74 Å². The molecule has 1 fully saturated rings. The van der Waals surface area contributed by atoms with Crippen LogP contribution in [0.15, 0.2) is 4.99 Å². The van der Waals surface area contributed by atoms with E-state index in [2.05, 4.69) is 34.3 Å². The van der Waals surface area contributed by atoms with Crippen molar-refractivity contribution in [3.63, 3.8) is 0 Å². The summed E-state index contributed by atoms with van der Waals surface area (Å²) < 4.78 is 5.42. The van der Waals surface area contributed by atoms with E-state index in [1.54, 1.807) is 7.11 Å². The molecule has 0 bridgehead atoms. The Kier molecular flexibility index (Phi) is 8.30. The van der Waals surface area contributed by atoms with E-state index in [0.717, 1.165) is 38.5 Å². The molecule has 0 spiro atoms. The summed E-state index contributed by atoms with van der Waals surface area (Å²) >= 11 is 2.08. The minimum absolute atomic E-state index is 0.385. The van der Waals surface area contributed by atoms with Crippen LogP contribution in [-0.2, 0) is 4.74 Å². The molecule has 1 atom stereocenters. The fourth-order valence-electron chi connectivity index (χ4n) is 2.22. The summed E-state index contributed by atoms with van der Waals surface area (Å²) in [4.78, 5) is 4.27. The van der Waals surface area contributed by atoms with Crippen LogP contribution in [0.4, 0.5) is 0 Å². The van der Waals surface area contributed by atoms with Crippen molar-refractivity contribution in [3.8, 4) is 0 Å². The fraction of sp³-hybridized carbons (Fsp3) is 0.929. The first-order chi connectivity index (χ1) is 9.20. The minimum Gasteiger partial charge on any atom is -0.385 e. The summed E-state index contributed by atoms with van der Waals surface area (Å²) in [7, 11) is 3.59. The molecular formula is C14H29N3OS. The lowest BCUT2D eigenvalue weighted by molar-refractivity contribution is 0.192. The maximum Gasteiger partial charge on any atom is 0.191 e. The van der Waals surface area contributed by atoms with Crippen LogP contribution < -0.4 is 10.6 Å². The van der Waals surface area contributed by atoms with E-state index in [-0.39, 0.29) is 0 Å². The number of ether oxygens (including phenoxy) is 1. The van der Waals surface area contributed by atoms with Gasteiger partial charge in [-0.3, -0.25) is 4.99 Å². The van der Waals surface area contributed by atoms with E-state index in [0.29, 0.717) is 4.75 Å². The van der Waals surface area contributed by atoms with Gasteiger partial charge in [0.05, 0.1) is 0 Å². The lowest BCUT2D eigenvalue weighted by Crippen LogP contribution is -2.43. The number of hydrogen-bond donors (Lipinski definition) is 2. The Morgan fingerprint density at radius 3 is 2.79 bits per heavy atom. The maximum absolute atomic E-state index is 5.04. The lowest BCUT2D eigenvalue weighted by atomic mass is 10.1. The third-order valence-electron chi connectivity index (χ3n) is 3.47. The Morgan fingerprint density at radius 1 is 1.32 bits per heavy atom. The molecule has 112 valence electrons. The highest BCUT2D eigenvalue weighted by atomic mass is 32.2. The van der Waals surface area contributed by atoms with Gasteiger partial charge in [0.2, 0.25) is 0 Å². The van der Waals surface area contributed by atoms with E-state index in [9.17, 15) is 0 Å². The predicted molar refractivity (Wildman–Crippen MR) is 85.2 cm³/mol. The van der Waals surface area contributed by atoms with E-state index in [1.165, 1.54) is 25.0 Å². The van der Waals surface area contributed by atoms with Crippen molar-refractivity contribution in [1.82, 2.24) is 10.6 Å². The number of unbranched alkanes of at least 4 members (excludes halogenated alkanes) is 2. The Balaban J connectivity index is 2.09. The molecule has 0 radical (unpaired) electrons. The van der Waals surface area contributed by atoms with Gasteiger partial charge in [0.15, 0.2) is 5.96 Å². The van der Waals surface area contributed by atoms with Crippen molar-refractivity contribution in [3.05, 3.63) is 0 Å². The first-order valence-electron chi connectivity index (χ1n) is 7.27. The smallest absolute Gasteiger partial charge is 0.191 e. The van der Waals surface area contributed by atoms with Crippen LogP contribution in [0, 0.1) is 0 Å². The van der Waals surface area contributed by atoms with Crippen LogP contribution in [0.3, 0.4) is 0 Å². The molecule has 0 saturated carbocycles. The molecule has 0 amide bonds. The van der Waals surface area contributed by atoms with Crippen LogP contribution in [0.2, 0.25) is 0 Å².